The van der Waals surface area contributed by atoms with E-state index in [2.05, 4.69) is 10.1 Å². The molecule has 1 fully saturated rings. The number of piperazine rings is 1. The molecule has 4 nitrogen and oxygen atoms in total. The number of rotatable bonds is 4. The molecule has 0 aromatic heterocycles. The van der Waals surface area contributed by atoms with Gasteiger partial charge in [-0.3, -0.25) is 4.90 Å². The van der Waals surface area contributed by atoms with E-state index in [0.29, 0.717) is 31.7 Å². The summed E-state index contributed by atoms with van der Waals surface area (Å²) in [7, 11) is 0. The van der Waals surface area contributed by atoms with Gasteiger partial charge in [0.15, 0.2) is 0 Å². The monoisotopic (exact) mass is 492 g/mol. The van der Waals surface area contributed by atoms with Crippen LogP contribution in [0.5, 0.6) is 11.5 Å². The first-order chi connectivity index (χ1) is 13.5. The Labute approximate surface area is 187 Å². The summed E-state index contributed by atoms with van der Waals surface area (Å²) in [6, 6.07) is 6.79. The number of halogens is 8. The highest BCUT2D eigenvalue weighted by molar-refractivity contribution is 5.85. The van der Waals surface area contributed by atoms with Gasteiger partial charge >= 0.3 is 12.5 Å². The maximum absolute atomic E-state index is 13.2. The first-order valence-electron chi connectivity index (χ1n) is 8.75. The molecule has 0 saturated carbocycles. The normalized spacial score (nSPS) is 16.1. The van der Waals surface area contributed by atoms with Crippen molar-refractivity contribution in [1.29, 1.82) is 0 Å². The number of aromatic hydroxyl groups is 1. The van der Waals surface area contributed by atoms with Crippen LogP contribution in [-0.2, 0) is 6.18 Å². The number of benzene rings is 2. The van der Waals surface area contributed by atoms with Crippen LogP contribution in [0.4, 0.5) is 26.3 Å². The van der Waals surface area contributed by atoms with Crippen molar-refractivity contribution in [2.24, 2.45) is 0 Å². The first-order valence-corrected chi connectivity index (χ1v) is 8.75. The summed E-state index contributed by atoms with van der Waals surface area (Å²) >= 11 is 0. The Kier molecular flexibility index (Phi) is 9.31. The van der Waals surface area contributed by atoms with E-state index >= 15 is 0 Å². The van der Waals surface area contributed by atoms with Crippen molar-refractivity contribution in [3.8, 4) is 11.5 Å². The Balaban J connectivity index is 0.00000240. The SMILES string of the molecule is Cl.Cl.Oc1ccc(C(F)(F)F)cc1[C@@H](c1ccc(OC(F)(F)F)cc1)N1CCNCC1. The van der Waals surface area contributed by atoms with Crippen LogP contribution in [0.3, 0.4) is 0 Å². The van der Waals surface area contributed by atoms with E-state index in [1.54, 1.807) is 0 Å². The van der Waals surface area contributed by atoms with Crippen LogP contribution in [0, 0.1) is 0 Å². The molecule has 0 aliphatic carbocycles. The maximum Gasteiger partial charge on any atom is 0.573 e. The molecule has 1 aliphatic heterocycles. The summed E-state index contributed by atoms with van der Waals surface area (Å²) < 4.78 is 80.6. The molecular weight excluding hydrogens is 473 g/mol. The molecule has 0 spiro atoms. The summed E-state index contributed by atoms with van der Waals surface area (Å²) in [6.45, 7) is 2.15. The number of phenols is 1. The second kappa shape index (κ2) is 10.6. The highest BCUT2D eigenvalue weighted by Gasteiger charge is 2.34. The summed E-state index contributed by atoms with van der Waals surface area (Å²) in [6.07, 6.45) is -9.44. The molecule has 1 saturated heterocycles. The molecule has 0 unspecified atom stereocenters. The number of nitrogens with zero attached hydrogens (tertiary/aromatic N) is 1. The van der Waals surface area contributed by atoms with Crippen molar-refractivity contribution >= 4 is 24.8 Å². The summed E-state index contributed by atoms with van der Waals surface area (Å²) in [4.78, 5) is 1.87. The van der Waals surface area contributed by atoms with Crippen molar-refractivity contribution in [3.05, 3.63) is 59.2 Å². The number of hydrogen-bond donors (Lipinski definition) is 2. The Hall–Kier alpha value is -1.88. The summed E-state index contributed by atoms with van der Waals surface area (Å²) in [5.41, 5.74) is -0.440. The third-order valence-electron chi connectivity index (χ3n) is 4.60. The summed E-state index contributed by atoms with van der Waals surface area (Å²) in [5, 5.41) is 13.4. The smallest absolute Gasteiger partial charge is 0.508 e. The van der Waals surface area contributed by atoms with Gasteiger partial charge in [0.2, 0.25) is 0 Å². The van der Waals surface area contributed by atoms with Crippen molar-refractivity contribution < 1.29 is 36.2 Å². The molecule has 2 N–H and O–H groups in total. The zero-order valence-electron chi connectivity index (χ0n) is 15.8. The lowest BCUT2D eigenvalue weighted by Crippen LogP contribution is -2.45. The van der Waals surface area contributed by atoms with Gasteiger partial charge < -0.3 is 15.2 Å². The molecule has 2 aromatic carbocycles. The van der Waals surface area contributed by atoms with Crippen LogP contribution in [0.25, 0.3) is 0 Å². The lowest BCUT2D eigenvalue weighted by molar-refractivity contribution is -0.274. The number of alkyl halides is 6. The fourth-order valence-electron chi connectivity index (χ4n) is 3.33. The molecule has 31 heavy (non-hydrogen) atoms. The van der Waals surface area contributed by atoms with Crippen LogP contribution >= 0.6 is 24.8 Å². The van der Waals surface area contributed by atoms with Gasteiger partial charge in [0.25, 0.3) is 0 Å². The molecule has 0 radical (unpaired) electrons. The Morgan fingerprint density at radius 2 is 1.48 bits per heavy atom. The van der Waals surface area contributed by atoms with Crippen molar-refractivity contribution in [2.75, 3.05) is 26.2 Å². The van der Waals surface area contributed by atoms with Gasteiger partial charge in [-0.05, 0) is 35.9 Å². The minimum atomic E-state index is -4.85. The molecule has 12 heteroatoms. The van der Waals surface area contributed by atoms with Crippen molar-refractivity contribution in [3.63, 3.8) is 0 Å². The molecule has 3 rings (SSSR count). The lowest BCUT2D eigenvalue weighted by Gasteiger charge is -2.36. The highest BCUT2D eigenvalue weighted by Crippen LogP contribution is 2.39. The molecular formula is C19H20Cl2F6N2O2. The second-order valence-electron chi connectivity index (χ2n) is 6.58. The van der Waals surface area contributed by atoms with Gasteiger partial charge in [0, 0.05) is 31.7 Å². The molecule has 2 aromatic rings. The van der Waals surface area contributed by atoms with Gasteiger partial charge in [-0.25, -0.2) is 0 Å². The van der Waals surface area contributed by atoms with Crippen LogP contribution < -0.4 is 10.1 Å². The molecule has 1 aliphatic rings. The zero-order valence-corrected chi connectivity index (χ0v) is 17.5. The van der Waals surface area contributed by atoms with Gasteiger partial charge in [-0.15, -0.1) is 38.0 Å². The van der Waals surface area contributed by atoms with Gasteiger partial charge in [0.05, 0.1) is 11.6 Å². The minimum Gasteiger partial charge on any atom is -0.508 e. The van der Waals surface area contributed by atoms with E-state index in [-0.39, 0.29) is 36.1 Å². The topological polar surface area (TPSA) is 44.7 Å². The highest BCUT2D eigenvalue weighted by atomic mass is 35.5. The average molecular weight is 493 g/mol. The standard InChI is InChI=1S/C19H18F6N2O2.2ClH/c20-18(21,22)13-3-6-16(28)15(11-13)17(27-9-7-26-8-10-27)12-1-4-14(5-2-12)29-19(23,24)25;;/h1-6,11,17,26,28H,7-10H2;2*1H/t17-;;/m1../s1. The van der Waals surface area contributed by atoms with E-state index < -0.39 is 29.9 Å². The number of hydrogen-bond acceptors (Lipinski definition) is 4. The predicted molar refractivity (Wildman–Crippen MR) is 107 cm³/mol. The molecule has 174 valence electrons. The molecule has 1 atom stereocenters. The zero-order chi connectivity index (χ0) is 21.2. The first kappa shape index (κ1) is 27.2. The van der Waals surface area contributed by atoms with Crippen LogP contribution in [0.15, 0.2) is 42.5 Å². The van der Waals surface area contributed by atoms with Crippen molar-refractivity contribution in [2.45, 2.75) is 18.6 Å². The minimum absolute atomic E-state index is 0. The summed E-state index contributed by atoms with van der Waals surface area (Å²) in [5.74, 6) is -0.759. The number of ether oxygens (including phenoxy) is 1. The van der Waals surface area contributed by atoms with Crippen LogP contribution in [0.2, 0.25) is 0 Å². The Morgan fingerprint density at radius 1 is 0.903 bits per heavy atom. The number of nitrogens with one attached hydrogen (secondary N) is 1. The van der Waals surface area contributed by atoms with Crippen LogP contribution in [0.1, 0.15) is 22.7 Å². The molecule has 1 heterocycles. The Morgan fingerprint density at radius 3 is 2.00 bits per heavy atom. The fraction of sp³-hybridized carbons (Fsp3) is 0.368. The Bertz CT molecular complexity index is 841. The third-order valence-corrected chi connectivity index (χ3v) is 4.60. The van der Waals surface area contributed by atoms with Crippen molar-refractivity contribution in [1.82, 2.24) is 10.2 Å². The van der Waals surface area contributed by atoms with Gasteiger partial charge in [-0.2, -0.15) is 13.2 Å². The van der Waals surface area contributed by atoms with Gasteiger partial charge in [0.1, 0.15) is 11.5 Å². The van der Waals surface area contributed by atoms with E-state index in [4.69, 9.17) is 0 Å². The quantitative estimate of drug-likeness (QED) is 0.579. The second-order valence-corrected chi connectivity index (χ2v) is 6.58. The largest absolute Gasteiger partial charge is 0.573 e. The van der Waals surface area contributed by atoms with E-state index in [0.717, 1.165) is 30.3 Å². The van der Waals surface area contributed by atoms with E-state index in [1.807, 2.05) is 4.90 Å². The predicted octanol–water partition coefficient (Wildman–Crippen LogP) is 5.15. The fourth-order valence-corrected chi connectivity index (χ4v) is 3.33. The lowest BCUT2D eigenvalue weighted by atomic mass is 9.94. The van der Waals surface area contributed by atoms with Gasteiger partial charge in [-0.1, -0.05) is 12.1 Å². The average Bonchev–Trinajstić information content (AvgIpc) is 2.63. The van der Waals surface area contributed by atoms with Crippen LogP contribution in [-0.4, -0.2) is 42.5 Å². The van der Waals surface area contributed by atoms with E-state index in [9.17, 15) is 31.4 Å². The number of phenolic OH excluding ortho intramolecular Hbond substituents is 1. The van der Waals surface area contributed by atoms with E-state index in [1.165, 1.54) is 12.1 Å². The molecule has 0 bridgehead atoms. The molecule has 0 amide bonds. The third kappa shape index (κ3) is 7.06. The maximum atomic E-state index is 13.2.